The molecule has 28 heavy (non-hydrogen) atoms. The summed E-state index contributed by atoms with van der Waals surface area (Å²) in [6.07, 6.45) is 0. The SMILES string of the molecule is Cc1ccccc1S(=O)(=O)Cc1cc(-c2cccc([N+](=O)[O-])c2)sc1C(=O)O. The van der Waals surface area contributed by atoms with Crippen LogP contribution in [0.3, 0.4) is 0 Å². The highest BCUT2D eigenvalue weighted by Crippen LogP contribution is 2.35. The van der Waals surface area contributed by atoms with E-state index in [0.717, 1.165) is 11.3 Å². The van der Waals surface area contributed by atoms with Crippen LogP contribution in [-0.4, -0.2) is 24.4 Å². The van der Waals surface area contributed by atoms with E-state index >= 15 is 0 Å². The van der Waals surface area contributed by atoms with E-state index in [1.54, 1.807) is 31.2 Å². The van der Waals surface area contributed by atoms with E-state index < -0.39 is 26.5 Å². The molecule has 0 bridgehead atoms. The molecule has 3 rings (SSSR count). The molecule has 0 saturated carbocycles. The summed E-state index contributed by atoms with van der Waals surface area (Å²) in [4.78, 5) is 22.6. The van der Waals surface area contributed by atoms with Crippen LogP contribution in [0.5, 0.6) is 0 Å². The Morgan fingerprint density at radius 1 is 1.14 bits per heavy atom. The van der Waals surface area contributed by atoms with Gasteiger partial charge in [-0.15, -0.1) is 11.3 Å². The predicted octanol–water partition coefficient (Wildman–Crippen LogP) is 4.30. The fourth-order valence-corrected chi connectivity index (χ4v) is 5.56. The second-order valence-electron chi connectivity index (χ2n) is 6.10. The molecular weight excluding hydrogens is 402 g/mol. The average molecular weight is 417 g/mol. The molecule has 1 aromatic heterocycles. The molecule has 0 amide bonds. The van der Waals surface area contributed by atoms with Gasteiger partial charge in [-0.05, 0) is 35.7 Å². The lowest BCUT2D eigenvalue weighted by molar-refractivity contribution is -0.384. The number of non-ortho nitro benzene ring substituents is 1. The topological polar surface area (TPSA) is 115 Å². The number of hydrogen-bond acceptors (Lipinski definition) is 6. The first-order valence-electron chi connectivity index (χ1n) is 8.08. The number of benzene rings is 2. The van der Waals surface area contributed by atoms with Crippen LogP contribution in [-0.2, 0) is 15.6 Å². The summed E-state index contributed by atoms with van der Waals surface area (Å²) < 4.78 is 25.6. The van der Waals surface area contributed by atoms with E-state index in [9.17, 15) is 28.4 Å². The first kappa shape index (κ1) is 19.7. The third kappa shape index (κ3) is 3.95. The molecule has 0 aliphatic rings. The largest absolute Gasteiger partial charge is 0.477 e. The minimum atomic E-state index is -3.76. The van der Waals surface area contributed by atoms with E-state index in [0.29, 0.717) is 16.0 Å². The van der Waals surface area contributed by atoms with E-state index in [4.69, 9.17) is 0 Å². The van der Waals surface area contributed by atoms with Crippen LogP contribution in [0.2, 0.25) is 0 Å². The summed E-state index contributed by atoms with van der Waals surface area (Å²) in [6.45, 7) is 1.67. The second kappa shape index (κ2) is 7.53. The molecule has 0 radical (unpaired) electrons. The minimum absolute atomic E-state index is 0.0985. The van der Waals surface area contributed by atoms with Crippen LogP contribution in [0.15, 0.2) is 59.5 Å². The van der Waals surface area contributed by atoms with Gasteiger partial charge in [0.1, 0.15) is 4.88 Å². The minimum Gasteiger partial charge on any atom is -0.477 e. The molecule has 9 heteroatoms. The van der Waals surface area contributed by atoms with Crippen LogP contribution in [0, 0.1) is 17.0 Å². The van der Waals surface area contributed by atoms with Gasteiger partial charge in [-0.2, -0.15) is 0 Å². The summed E-state index contributed by atoms with van der Waals surface area (Å²) in [5.41, 5.74) is 1.06. The van der Waals surface area contributed by atoms with Gasteiger partial charge in [-0.3, -0.25) is 10.1 Å². The molecule has 0 fully saturated rings. The van der Waals surface area contributed by atoms with Crippen LogP contribution in [0.25, 0.3) is 10.4 Å². The molecule has 144 valence electrons. The van der Waals surface area contributed by atoms with Crippen molar-refractivity contribution >= 4 is 32.8 Å². The van der Waals surface area contributed by atoms with Crippen molar-refractivity contribution in [2.24, 2.45) is 0 Å². The summed E-state index contributed by atoms with van der Waals surface area (Å²) >= 11 is 0.895. The number of carboxylic acids is 1. The third-order valence-corrected chi connectivity index (χ3v) is 7.15. The van der Waals surface area contributed by atoms with E-state index in [1.165, 1.54) is 30.3 Å². The van der Waals surface area contributed by atoms with Crippen LogP contribution < -0.4 is 0 Å². The molecular formula is C19H15NO6S2. The zero-order valence-electron chi connectivity index (χ0n) is 14.7. The number of hydrogen-bond donors (Lipinski definition) is 1. The number of nitro benzene ring substituents is 1. The van der Waals surface area contributed by atoms with Gasteiger partial charge in [-0.25, -0.2) is 13.2 Å². The highest BCUT2D eigenvalue weighted by molar-refractivity contribution is 7.90. The molecule has 1 N–H and O–H groups in total. The van der Waals surface area contributed by atoms with Crippen LogP contribution in [0.1, 0.15) is 20.8 Å². The van der Waals surface area contributed by atoms with Gasteiger partial charge in [0, 0.05) is 17.0 Å². The lowest BCUT2D eigenvalue weighted by Gasteiger charge is -2.07. The lowest BCUT2D eigenvalue weighted by atomic mass is 10.1. The number of rotatable bonds is 6. The molecule has 0 aliphatic carbocycles. The van der Waals surface area contributed by atoms with Crippen molar-refractivity contribution in [3.05, 3.63) is 80.7 Å². The Morgan fingerprint density at radius 2 is 1.86 bits per heavy atom. The Morgan fingerprint density at radius 3 is 2.50 bits per heavy atom. The maximum absolute atomic E-state index is 12.8. The zero-order valence-corrected chi connectivity index (χ0v) is 16.3. The third-order valence-electron chi connectivity index (χ3n) is 4.12. The number of nitrogens with zero attached hydrogens (tertiary/aromatic N) is 1. The van der Waals surface area contributed by atoms with Gasteiger partial charge in [-0.1, -0.05) is 30.3 Å². The maximum atomic E-state index is 12.8. The van der Waals surface area contributed by atoms with Gasteiger partial charge in [0.2, 0.25) is 0 Å². The molecule has 0 atom stereocenters. The molecule has 1 heterocycles. The fourth-order valence-electron chi connectivity index (χ4n) is 2.82. The normalized spacial score (nSPS) is 11.3. The number of sulfone groups is 1. The highest BCUT2D eigenvalue weighted by Gasteiger charge is 2.24. The number of nitro groups is 1. The molecule has 0 saturated heterocycles. The van der Waals surface area contributed by atoms with Crippen LogP contribution in [0.4, 0.5) is 5.69 Å². The smallest absolute Gasteiger partial charge is 0.346 e. The number of carbonyl (C=O) groups is 1. The summed E-state index contributed by atoms with van der Waals surface area (Å²) in [7, 11) is -3.76. The second-order valence-corrected chi connectivity index (χ2v) is 9.11. The predicted molar refractivity (Wildman–Crippen MR) is 105 cm³/mol. The van der Waals surface area contributed by atoms with Crippen molar-refractivity contribution in [1.29, 1.82) is 0 Å². The molecule has 0 unspecified atom stereocenters. The summed E-state index contributed by atoms with van der Waals surface area (Å²) in [5.74, 6) is -1.71. The van der Waals surface area contributed by atoms with Crippen molar-refractivity contribution in [3.8, 4) is 10.4 Å². The molecule has 3 aromatic rings. The standard InChI is InChI=1S/C19H15NO6S2/c1-12-5-2-3-8-17(12)28(25,26)11-14-10-16(27-18(14)19(21)22)13-6-4-7-15(9-13)20(23)24/h2-10H,11H2,1H3,(H,21,22). The number of aryl methyl sites for hydroxylation is 1. The number of aromatic carboxylic acids is 1. The molecule has 7 nitrogen and oxygen atoms in total. The van der Waals surface area contributed by atoms with Crippen LogP contribution >= 0.6 is 11.3 Å². The quantitative estimate of drug-likeness (QED) is 0.472. The fraction of sp³-hybridized carbons (Fsp3) is 0.105. The number of carboxylic acid groups (broad SMARTS) is 1. The maximum Gasteiger partial charge on any atom is 0.346 e. The highest BCUT2D eigenvalue weighted by atomic mass is 32.2. The van der Waals surface area contributed by atoms with E-state index in [2.05, 4.69) is 0 Å². The average Bonchev–Trinajstić information content (AvgIpc) is 3.05. The van der Waals surface area contributed by atoms with Gasteiger partial charge < -0.3 is 5.11 Å². The lowest BCUT2D eigenvalue weighted by Crippen LogP contribution is -2.08. The van der Waals surface area contributed by atoms with Crippen molar-refractivity contribution < 1.29 is 23.2 Å². The Kier molecular flexibility index (Phi) is 5.30. The van der Waals surface area contributed by atoms with Gasteiger partial charge in [0.15, 0.2) is 9.84 Å². The van der Waals surface area contributed by atoms with E-state index in [-0.39, 0.29) is 21.0 Å². The summed E-state index contributed by atoms with van der Waals surface area (Å²) in [6, 6.07) is 13.7. The first-order chi connectivity index (χ1) is 13.2. The Labute approximate surface area is 165 Å². The monoisotopic (exact) mass is 417 g/mol. The van der Waals surface area contributed by atoms with Crippen molar-refractivity contribution in [3.63, 3.8) is 0 Å². The molecule has 2 aromatic carbocycles. The molecule has 0 spiro atoms. The van der Waals surface area contributed by atoms with Crippen molar-refractivity contribution in [2.45, 2.75) is 17.6 Å². The Hall–Kier alpha value is -3.04. The van der Waals surface area contributed by atoms with E-state index in [1.807, 2.05) is 0 Å². The van der Waals surface area contributed by atoms with Crippen molar-refractivity contribution in [2.75, 3.05) is 0 Å². The summed E-state index contributed by atoms with van der Waals surface area (Å²) in [5, 5.41) is 20.5. The van der Waals surface area contributed by atoms with Gasteiger partial charge >= 0.3 is 5.97 Å². The Balaban J connectivity index is 2.05. The van der Waals surface area contributed by atoms with Crippen molar-refractivity contribution in [1.82, 2.24) is 0 Å². The molecule has 0 aliphatic heterocycles. The van der Waals surface area contributed by atoms with Gasteiger partial charge in [0.25, 0.3) is 5.69 Å². The Bertz CT molecular complexity index is 1180. The first-order valence-corrected chi connectivity index (χ1v) is 10.5. The van der Waals surface area contributed by atoms with Gasteiger partial charge in [0.05, 0.1) is 15.6 Å². The zero-order chi connectivity index (χ0) is 20.5. The number of thiophene rings is 1.